The Morgan fingerprint density at radius 1 is 1.29 bits per heavy atom. The van der Waals surface area contributed by atoms with Crippen LogP contribution in [0.5, 0.6) is 0 Å². The maximum Gasteiger partial charge on any atom is 0.244 e. The molecule has 21 heavy (non-hydrogen) atoms. The van der Waals surface area contributed by atoms with Crippen LogP contribution in [0, 0.1) is 5.92 Å². The highest BCUT2D eigenvalue weighted by molar-refractivity contribution is 5.89. The summed E-state index contributed by atoms with van der Waals surface area (Å²) in [6, 6.07) is 0.328. The van der Waals surface area contributed by atoms with Gasteiger partial charge in [-0.3, -0.25) is 10.1 Å². The zero-order valence-corrected chi connectivity index (χ0v) is 13.1. The molecule has 4 fully saturated rings. The van der Waals surface area contributed by atoms with Gasteiger partial charge in [0.2, 0.25) is 5.91 Å². The minimum atomic E-state index is -0.226. The monoisotopic (exact) mass is 292 g/mol. The first-order valence-corrected chi connectivity index (χ1v) is 8.97. The highest BCUT2D eigenvalue weighted by Gasteiger charge is 2.56. The number of nitrogens with one attached hydrogen (secondary N) is 1. The van der Waals surface area contributed by atoms with E-state index in [2.05, 4.69) is 17.1 Å². The van der Waals surface area contributed by atoms with Crippen LogP contribution in [-0.4, -0.2) is 41.3 Å². The molecule has 2 saturated carbocycles. The molecule has 1 amide bonds. The van der Waals surface area contributed by atoms with E-state index in [9.17, 15) is 4.79 Å². The van der Waals surface area contributed by atoms with E-state index < -0.39 is 0 Å². The molecule has 2 saturated heterocycles. The van der Waals surface area contributed by atoms with Crippen LogP contribution in [0.2, 0.25) is 0 Å². The van der Waals surface area contributed by atoms with Gasteiger partial charge in [-0.15, -0.1) is 0 Å². The van der Waals surface area contributed by atoms with E-state index in [0.29, 0.717) is 24.0 Å². The van der Waals surface area contributed by atoms with Crippen molar-refractivity contribution < 1.29 is 9.53 Å². The smallest absolute Gasteiger partial charge is 0.244 e. The number of nitrogens with zero attached hydrogens (tertiary/aromatic N) is 1. The summed E-state index contributed by atoms with van der Waals surface area (Å²) in [6.07, 6.45) is 10.8. The normalized spacial score (nSPS) is 38.8. The number of hydrogen-bond donors (Lipinski definition) is 1. The maximum atomic E-state index is 13.2. The quantitative estimate of drug-likeness (QED) is 0.865. The highest BCUT2D eigenvalue weighted by Crippen LogP contribution is 2.44. The van der Waals surface area contributed by atoms with Crippen LogP contribution in [-0.2, 0) is 9.53 Å². The largest absolute Gasteiger partial charge is 0.376 e. The molecule has 0 bridgehead atoms. The van der Waals surface area contributed by atoms with Gasteiger partial charge in [-0.05, 0) is 44.4 Å². The van der Waals surface area contributed by atoms with Crippen LogP contribution >= 0.6 is 0 Å². The molecular formula is C17H28N2O2. The summed E-state index contributed by atoms with van der Waals surface area (Å²) in [6.45, 7) is 3.05. The average Bonchev–Trinajstić information content (AvgIpc) is 2.93. The predicted octanol–water partition coefficient (Wildman–Crippen LogP) is 2.42. The molecule has 0 aromatic carbocycles. The Balaban J connectivity index is 1.59. The second kappa shape index (κ2) is 5.24. The standard InChI is InChI=1S/C17H28N2O2/c1-2-5-14-18-17(9-3-4-10-17)16(20)19(14)13-8-11-21-15(13)12-6-7-12/h12-15,18H,2-11H2,1H3. The maximum absolute atomic E-state index is 13.2. The summed E-state index contributed by atoms with van der Waals surface area (Å²) in [5.41, 5.74) is -0.226. The number of ether oxygens (including phenoxy) is 1. The molecule has 2 aliphatic carbocycles. The fourth-order valence-corrected chi connectivity index (χ4v) is 4.81. The summed E-state index contributed by atoms with van der Waals surface area (Å²) in [7, 11) is 0. The predicted molar refractivity (Wildman–Crippen MR) is 80.7 cm³/mol. The lowest BCUT2D eigenvalue weighted by Gasteiger charge is -2.33. The van der Waals surface area contributed by atoms with Gasteiger partial charge in [-0.25, -0.2) is 0 Å². The van der Waals surface area contributed by atoms with E-state index in [1.807, 2.05) is 0 Å². The van der Waals surface area contributed by atoms with Crippen LogP contribution in [0.4, 0.5) is 0 Å². The van der Waals surface area contributed by atoms with E-state index in [4.69, 9.17) is 4.74 Å². The van der Waals surface area contributed by atoms with E-state index in [1.165, 1.54) is 25.7 Å². The zero-order valence-electron chi connectivity index (χ0n) is 13.1. The van der Waals surface area contributed by atoms with Gasteiger partial charge in [0.15, 0.2) is 0 Å². The Labute approximate surface area is 127 Å². The molecule has 0 radical (unpaired) electrons. The summed E-state index contributed by atoms with van der Waals surface area (Å²) >= 11 is 0. The van der Waals surface area contributed by atoms with Gasteiger partial charge in [-0.2, -0.15) is 0 Å². The van der Waals surface area contributed by atoms with Crippen molar-refractivity contribution >= 4 is 5.91 Å². The highest BCUT2D eigenvalue weighted by atomic mass is 16.5. The SMILES string of the molecule is CCCC1NC2(CCCC2)C(=O)N1C1CCOC1C1CC1. The van der Waals surface area contributed by atoms with Crippen LogP contribution in [0.15, 0.2) is 0 Å². The van der Waals surface area contributed by atoms with Gasteiger partial charge in [0.1, 0.15) is 0 Å². The van der Waals surface area contributed by atoms with E-state index in [1.54, 1.807) is 0 Å². The molecule has 2 aliphatic heterocycles. The van der Waals surface area contributed by atoms with E-state index in [-0.39, 0.29) is 11.7 Å². The number of rotatable bonds is 4. The number of amides is 1. The third-order valence-corrected chi connectivity index (χ3v) is 5.99. The molecule has 1 N–H and O–H groups in total. The Kier molecular flexibility index (Phi) is 3.49. The Morgan fingerprint density at radius 2 is 2.05 bits per heavy atom. The van der Waals surface area contributed by atoms with Crippen LogP contribution in [0.3, 0.4) is 0 Å². The first-order chi connectivity index (χ1) is 10.2. The molecule has 4 heteroatoms. The lowest BCUT2D eigenvalue weighted by Crippen LogP contribution is -2.49. The summed E-state index contributed by atoms with van der Waals surface area (Å²) in [4.78, 5) is 15.4. The molecule has 4 aliphatic rings. The lowest BCUT2D eigenvalue weighted by molar-refractivity contribution is -0.136. The number of hydrogen-bond acceptors (Lipinski definition) is 3. The molecule has 3 atom stereocenters. The van der Waals surface area contributed by atoms with Crippen molar-refractivity contribution in [2.24, 2.45) is 5.92 Å². The van der Waals surface area contributed by atoms with Crippen molar-refractivity contribution in [3.63, 3.8) is 0 Å². The molecule has 1 spiro atoms. The summed E-state index contributed by atoms with van der Waals surface area (Å²) in [5, 5.41) is 3.74. The first kappa shape index (κ1) is 14.0. The zero-order chi connectivity index (χ0) is 14.4. The Morgan fingerprint density at radius 3 is 2.71 bits per heavy atom. The first-order valence-electron chi connectivity index (χ1n) is 8.97. The molecule has 0 aromatic rings. The van der Waals surface area contributed by atoms with E-state index >= 15 is 0 Å². The minimum absolute atomic E-state index is 0.226. The summed E-state index contributed by atoms with van der Waals surface area (Å²) < 4.78 is 6.01. The molecule has 2 heterocycles. The Bertz CT molecular complexity index is 415. The number of carbonyl (C=O) groups excluding carboxylic acids is 1. The van der Waals surface area contributed by atoms with Crippen molar-refractivity contribution in [3.8, 4) is 0 Å². The van der Waals surface area contributed by atoms with Gasteiger partial charge in [0, 0.05) is 6.61 Å². The van der Waals surface area contributed by atoms with Crippen molar-refractivity contribution in [2.75, 3.05) is 6.61 Å². The second-order valence-electron chi connectivity index (χ2n) is 7.48. The fraction of sp³-hybridized carbons (Fsp3) is 0.941. The van der Waals surface area contributed by atoms with Crippen LogP contribution in [0.1, 0.15) is 64.7 Å². The molecular weight excluding hydrogens is 264 g/mol. The topological polar surface area (TPSA) is 41.6 Å². The van der Waals surface area contributed by atoms with Crippen LogP contribution < -0.4 is 5.32 Å². The van der Waals surface area contributed by atoms with E-state index in [0.717, 1.165) is 38.7 Å². The van der Waals surface area contributed by atoms with Crippen molar-refractivity contribution in [3.05, 3.63) is 0 Å². The van der Waals surface area contributed by atoms with Gasteiger partial charge >= 0.3 is 0 Å². The molecule has 3 unspecified atom stereocenters. The lowest BCUT2D eigenvalue weighted by atomic mass is 9.96. The van der Waals surface area contributed by atoms with Crippen molar-refractivity contribution in [1.82, 2.24) is 10.2 Å². The van der Waals surface area contributed by atoms with Crippen molar-refractivity contribution in [1.29, 1.82) is 0 Å². The van der Waals surface area contributed by atoms with Crippen molar-refractivity contribution in [2.45, 2.75) is 88.6 Å². The Hall–Kier alpha value is -0.610. The molecule has 4 rings (SSSR count). The third kappa shape index (κ3) is 2.22. The van der Waals surface area contributed by atoms with Gasteiger partial charge in [0.25, 0.3) is 0 Å². The average molecular weight is 292 g/mol. The second-order valence-corrected chi connectivity index (χ2v) is 7.48. The minimum Gasteiger partial charge on any atom is -0.376 e. The molecule has 118 valence electrons. The van der Waals surface area contributed by atoms with Gasteiger partial charge in [-0.1, -0.05) is 26.2 Å². The molecule has 0 aromatic heterocycles. The molecule has 4 nitrogen and oxygen atoms in total. The number of carbonyl (C=O) groups is 1. The third-order valence-electron chi connectivity index (χ3n) is 5.99. The fourth-order valence-electron chi connectivity index (χ4n) is 4.81. The van der Waals surface area contributed by atoms with Gasteiger partial charge < -0.3 is 9.64 Å². The van der Waals surface area contributed by atoms with Crippen LogP contribution in [0.25, 0.3) is 0 Å². The summed E-state index contributed by atoms with van der Waals surface area (Å²) in [5.74, 6) is 1.10. The van der Waals surface area contributed by atoms with Gasteiger partial charge in [0.05, 0.1) is 23.9 Å².